The van der Waals surface area contributed by atoms with E-state index in [-0.39, 0.29) is 6.42 Å². The average Bonchev–Trinajstić information content (AvgIpc) is 2.50. The van der Waals surface area contributed by atoms with E-state index in [1.54, 1.807) is 0 Å². The zero-order valence-corrected chi connectivity index (χ0v) is 11.7. The van der Waals surface area contributed by atoms with Gasteiger partial charge in [-0.2, -0.15) is 0 Å². The molecule has 2 aliphatic heterocycles. The first-order valence-electron chi connectivity index (χ1n) is 6.97. The maximum Gasteiger partial charge on any atom is 0.184 e. The van der Waals surface area contributed by atoms with Crippen molar-refractivity contribution in [2.75, 3.05) is 13.2 Å². The maximum absolute atomic E-state index is 9.94. The molecule has 10 nitrogen and oxygen atoms in total. The van der Waals surface area contributed by atoms with Crippen LogP contribution in [0.1, 0.15) is 6.42 Å². The molecule has 0 bridgehead atoms. The van der Waals surface area contributed by atoms with Crippen molar-refractivity contribution in [1.29, 1.82) is 0 Å². The van der Waals surface area contributed by atoms with E-state index in [2.05, 4.69) is 0 Å². The van der Waals surface area contributed by atoms with Crippen molar-refractivity contribution in [3.8, 4) is 0 Å². The highest BCUT2D eigenvalue weighted by molar-refractivity contribution is 4.90. The van der Waals surface area contributed by atoms with Gasteiger partial charge in [-0.05, 0) is 0 Å². The van der Waals surface area contributed by atoms with Crippen LogP contribution in [0.2, 0.25) is 0 Å². The highest BCUT2D eigenvalue weighted by Gasteiger charge is 2.47. The lowest BCUT2D eigenvalue weighted by molar-refractivity contribution is -0.343. The Labute approximate surface area is 126 Å². The zero-order valence-electron chi connectivity index (χ0n) is 11.7. The molecule has 0 aromatic rings. The number of hydrogen-bond donors (Lipinski definition) is 7. The summed E-state index contributed by atoms with van der Waals surface area (Å²) in [5.41, 5.74) is 0. The van der Waals surface area contributed by atoms with Crippen molar-refractivity contribution >= 4 is 0 Å². The Hall–Kier alpha value is -0.400. The van der Waals surface area contributed by atoms with Crippen molar-refractivity contribution in [3.05, 3.63) is 0 Å². The summed E-state index contributed by atoms with van der Waals surface area (Å²) in [7, 11) is 0. The zero-order chi connectivity index (χ0) is 16.4. The van der Waals surface area contributed by atoms with Gasteiger partial charge in [0.25, 0.3) is 0 Å². The van der Waals surface area contributed by atoms with Gasteiger partial charge in [0.1, 0.15) is 36.6 Å². The molecule has 0 aromatic heterocycles. The van der Waals surface area contributed by atoms with Crippen LogP contribution in [0.5, 0.6) is 0 Å². The molecule has 0 radical (unpaired) electrons. The third-order valence-electron chi connectivity index (χ3n) is 3.87. The van der Waals surface area contributed by atoms with E-state index in [1.807, 2.05) is 0 Å². The number of hydrogen-bond acceptors (Lipinski definition) is 10. The van der Waals surface area contributed by atoms with Crippen molar-refractivity contribution < 1.29 is 50.0 Å². The molecular formula is C12H22O10. The van der Waals surface area contributed by atoms with Crippen LogP contribution in [-0.2, 0) is 14.2 Å². The third kappa shape index (κ3) is 3.57. The van der Waals surface area contributed by atoms with Gasteiger partial charge in [0.05, 0.1) is 19.3 Å². The Bertz CT molecular complexity index is 355. The Morgan fingerprint density at radius 1 is 0.818 bits per heavy atom. The van der Waals surface area contributed by atoms with Crippen LogP contribution in [-0.4, -0.2) is 104 Å². The Morgan fingerprint density at radius 2 is 1.41 bits per heavy atom. The van der Waals surface area contributed by atoms with Crippen LogP contribution in [0.4, 0.5) is 0 Å². The first kappa shape index (κ1) is 17.9. The number of aliphatic hydroxyl groups is 7. The highest BCUT2D eigenvalue weighted by Crippen LogP contribution is 2.27. The predicted octanol–water partition coefficient (Wildman–Crippen LogP) is -4.37. The molecule has 0 spiro atoms. The van der Waals surface area contributed by atoms with Gasteiger partial charge in [0, 0.05) is 6.42 Å². The van der Waals surface area contributed by atoms with Crippen LogP contribution in [0, 0.1) is 0 Å². The van der Waals surface area contributed by atoms with E-state index < -0.39 is 68.5 Å². The van der Waals surface area contributed by atoms with E-state index in [1.165, 1.54) is 0 Å². The van der Waals surface area contributed by atoms with Gasteiger partial charge < -0.3 is 50.0 Å². The van der Waals surface area contributed by atoms with Crippen molar-refractivity contribution in [2.45, 2.75) is 61.7 Å². The van der Waals surface area contributed by atoms with Crippen LogP contribution in [0.3, 0.4) is 0 Å². The molecule has 2 heterocycles. The second-order valence-corrected chi connectivity index (χ2v) is 5.41. The molecule has 2 saturated heterocycles. The van der Waals surface area contributed by atoms with Gasteiger partial charge in [-0.25, -0.2) is 0 Å². The molecular weight excluding hydrogens is 304 g/mol. The standard InChI is InChI=1S/C12H22O10/c13-2-5-8(16)4(15)1-7(20-5)22-11-10(18)9(17)6(3-14)21-12(11)19/h4-19H,1-3H2/t4-,5-,6-,7-,8+,9-,10+,11+,12+/m1/s1. The molecule has 2 rings (SSSR count). The molecule has 0 amide bonds. The minimum Gasteiger partial charge on any atom is -0.394 e. The number of rotatable bonds is 4. The Balaban J connectivity index is 2.00. The lowest BCUT2D eigenvalue weighted by Crippen LogP contribution is -2.61. The summed E-state index contributed by atoms with van der Waals surface area (Å²) in [4.78, 5) is 0. The van der Waals surface area contributed by atoms with E-state index in [0.717, 1.165) is 0 Å². The van der Waals surface area contributed by atoms with Crippen molar-refractivity contribution in [1.82, 2.24) is 0 Å². The lowest BCUT2D eigenvalue weighted by Gasteiger charge is -2.43. The molecule has 9 atom stereocenters. The summed E-state index contributed by atoms with van der Waals surface area (Å²) in [5, 5.41) is 66.8. The quantitative estimate of drug-likeness (QED) is 0.268. The van der Waals surface area contributed by atoms with Crippen LogP contribution in [0.25, 0.3) is 0 Å². The number of ether oxygens (including phenoxy) is 3. The van der Waals surface area contributed by atoms with Crippen LogP contribution >= 0.6 is 0 Å². The second kappa shape index (κ2) is 7.45. The van der Waals surface area contributed by atoms with Crippen molar-refractivity contribution in [3.63, 3.8) is 0 Å². The first-order chi connectivity index (χ1) is 10.4. The Kier molecular flexibility index (Phi) is 6.07. The molecule has 130 valence electrons. The SMILES string of the molecule is OC[C@H]1O[C@H](O)[C@@H](O[C@@H]2C[C@@H](O)[C@H](O)[C@@H](CO)O2)[C@@H](O)[C@@H]1O. The van der Waals surface area contributed by atoms with Gasteiger partial charge >= 0.3 is 0 Å². The summed E-state index contributed by atoms with van der Waals surface area (Å²) < 4.78 is 15.4. The molecule has 2 aliphatic rings. The fraction of sp³-hybridized carbons (Fsp3) is 1.00. The summed E-state index contributed by atoms with van der Waals surface area (Å²) in [5.74, 6) is 0. The minimum absolute atomic E-state index is 0.160. The maximum atomic E-state index is 9.94. The van der Waals surface area contributed by atoms with Gasteiger partial charge in [-0.3, -0.25) is 0 Å². The Morgan fingerprint density at radius 3 is 2.00 bits per heavy atom. The molecule has 0 saturated carbocycles. The van der Waals surface area contributed by atoms with Gasteiger partial charge in [0.15, 0.2) is 12.6 Å². The van der Waals surface area contributed by atoms with E-state index >= 15 is 0 Å². The normalized spacial score (nSPS) is 50.0. The molecule has 22 heavy (non-hydrogen) atoms. The predicted molar refractivity (Wildman–Crippen MR) is 67.2 cm³/mol. The topological polar surface area (TPSA) is 169 Å². The lowest BCUT2D eigenvalue weighted by atomic mass is 9.98. The summed E-state index contributed by atoms with van der Waals surface area (Å²) in [6, 6.07) is 0. The third-order valence-corrected chi connectivity index (χ3v) is 3.87. The van der Waals surface area contributed by atoms with Crippen LogP contribution in [0.15, 0.2) is 0 Å². The summed E-state index contributed by atoms with van der Waals surface area (Å²) >= 11 is 0. The monoisotopic (exact) mass is 326 g/mol. The fourth-order valence-electron chi connectivity index (χ4n) is 2.55. The van der Waals surface area contributed by atoms with Gasteiger partial charge in [-0.1, -0.05) is 0 Å². The molecule has 2 fully saturated rings. The first-order valence-corrected chi connectivity index (χ1v) is 6.97. The molecule has 0 aromatic carbocycles. The van der Waals surface area contributed by atoms with E-state index in [4.69, 9.17) is 24.4 Å². The van der Waals surface area contributed by atoms with Gasteiger partial charge in [0.2, 0.25) is 0 Å². The average molecular weight is 326 g/mol. The number of aliphatic hydroxyl groups excluding tert-OH is 7. The van der Waals surface area contributed by atoms with E-state index in [0.29, 0.717) is 0 Å². The van der Waals surface area contributed by atoms with Crippen LogP contribution < -0.4 is 0 Å². The second-order valence-electron chi connectivity index (χ2n) is 5.41. The van der Waals surface area contributed by atoms with E-state index in [9.17, 15) is 25.5 Å². The summed E-state index contributed by atoms with van der Waals surface area (Å²) in [6.07, 6.45) is -12.1. The molecule has 7 N–H and O–H groups in total. The van der Waals surface area contributed by atoms with Gasteiger partial charge in [-0.15, -0.1) is 0 Å². The molecule has 0 aliphatic carbocycles. The highest BCUT2D eigenvalue weighted by atomic mass is 16.7. The minimum atomic E-state index is -1.63. The van der Waals surface area contributed by atoms with Crippen molar-refractivity contribution in [2.24, 2.45) is 0 Å². The molecule has 0 unspecified atom stereocenters. The largest absolute Gasteiger partial charge is 0.394 e. The fourth-order valence-corrected chi connectivity index (χ4v) is 2.55. The smallest absolute Gasteiger partial charge is 0.184 e. The molecule has 10 heteroatoms. The summed E-state index contributed by atoms with van der Waals surface area (Å²) in [6.45, 7) is -1.15.